The quantitative estimate of drug-likeness (QED) is 0.153. The van der Waals surface area contributed by atoms with Gasteiger partial charge in [-0.15, -0.1) is 11.8 Å². The number of benzene rings is 1. The molecule has 1 aromatic carbocycles. The first-order chi connectivity index (χ1) is 14.6. The number of carbonyl (C=O) groups is 1. The van der Waals surface area contributed by atoms with Crippen molar-refractivity contribution < 1.29 is 32.2 Å². The Morgan fingerprint density at radius 2 is 2.13 bits per heavy atom. The lowest BCUT2D eigenvalue weighted by Crippen LogP contribution is -2.38. The maximum Gasteiger partial charge on any atom is 0.389 e. The average molecular weight is 483 g/mol. The number of rotatable bonds is 9. The van der Waals surface area contributed by atoms with Crippen molar-refractivity contribution in [2.75, 3.05) is 31.3 Å². The van der Waals surface area contributed by atoms with Gasteiger partial charge < -0.3 is 14.7 Å². The standard InChI is InChI=1S/C20H26F4N2O3S2/c1-4-8-26-11-13(6-5-7-20(22,23)24)25(2)31-17-10-16(18(30-3)9-15(17)26)29-12-14(21)19(27)28/h9-10,12-13H,4-8,11H2,1-3H3,(H,27,28)/b14-12-. The number of anilines is 1. The van der Waals surface area contributed by atoms with Crippen LogP contribution in [-0.2, 0) is 4.79 Å². The van der Waals surface area contributed by atoms with Gasteiger partial charge in [0.25, 0.3) is 0 Å². The molecule has 0 radical (unpaired) electrons. The molecule has 0 saturated heterocycles. The van der Waals surface area contributed by atoms with Crippen LogP contribution in [0.3, 0.4) is 0 Å². The van der Waals surface area contributed by atoms with Crippen molar-refractivity contribution in [2.24, 2.45) is 0 Å². The number of fused-ring (bicyclic) bond motifs is 1. The average Bonchev–Trinajstić information content (AvgIpc) is 2.81. The third-order valence-electron chi connectivity index (χ3n) is 4.76. The summed E-state index contributed by atoms with van der Waals surface area (Å²) in [6, 6.07) is 3.53. The van der Waals surface area contributed by atoms with Gasteiger partial charge >= 0.3 is 12.1 Å². The summed E-state index contributed by atoms with van der Waals surface area (Å²) in [4.78, 5) is 14.3. The highest BCUT2D eigenvalue weighted by Crippen LogP contribution is 2.44. The molecule has 0 spiro atoms. The molecule has 0 aromatic heterocycles. The molecule has 0 saturated carbocycles. The van der Waals surface area contributed by atoms with Crippen LogP contribution >= 0.6 is 23.7 Å². The van der Waals surface area contributed by atoms with E-state index in [1.54, 1.807) is 6.07 Å². The molecule has 1 aromatic rings. The van der Waals surface area contributed by atoms with E-state index in [1.807, 2.05) is 30.6 Å². The highest BCUT2D eigenvalue weighted by atomic mass is 32.2. The van der Waals surface area contributed by atoms with Crippen molar-refractivity contribution in [3.8, 4) is 5.75 Å². The van der Waals surface area contributed by atoms with Crippen LogP contribution in [0.5, 0.6) is 5.75 Å². The van der Waals surface area contributed by atoms with E-state index in [-0.39, 0.29) is 12.5 Å². The van der Waals surface area contributed by atoms with Gasteiger partial charge in [0.2, 0.25) is 5.83 Å². The molecule has 174 valence electrons. The highest BCUT2D eigenvalue weighted by molar-refractivity contribution is 7.98. The Hall–Kier alpha value is -1.59. The lowest BCUT2D eigenvalue weighted by Gasteiger charge is -2.30. The zero-order chi connectivity index (χ0) is 23.2. The van der Waals surface area contributed by atoms with E-state index in [4.69, 9.17) is 9.84 Å². The van der Waals surface area contributed by atoms with Gasteiger partial charge in [-0.25, -0.2) is 9.10 Å². The molecule has 1 aliphatic rings. The van der Waals surface area contributed by atoms with E-state index in [0.29, 0.717) is 29.9 Å². The molecule has 0 bridgehead atoms. The molecule has 0 amide bonds. The fourth-order valence-electron chi connectivity index (χ4n) is 3.26. The summed E-state index contributed by atoms with van der Waals surface area (Å²) in [7, 11) is 1.84. The number of alkyl halides is 3. The number of halogens is 4. The molecule has 1 atom stereocenters. The van der Waals surface area contributed by atoms with Crippen molar-refractivity contribution in [3.63, 3.8) is 0 Å². The molecule has 1 unspecified atom stereocenters. The third kappa shape index (κ3) is 7.50. The van der Waals surface area contributed by atoms with Crippen molar-refractivity contribution in [1.82, 2.24) is 4.31 Å². The lowest BCUT2D eigenvalue weighted by molar-refractivity contribution is -0.136. The Labute approximate surface area is 187 Å². The number of carboxylic acid groups (broad SMARTS) is 1. The number of aliphatic carboxylic acids is 1. The molecular weight excluding hydrogens is 456 g/mol. The van der Waals surface area contributed by atoms with Crippen LogP contribution in [-0.4, -0.2) is 54.0 Å². The van der Waals surface area contributed by atoms with Gasteiger partial charge in [0.1, 0.15) is 12.0 Å². The Balaban J connectivity index is 2.32. The topological polar surface area (TPSA) is 53.0 Å². The Morgan fingerprint density at radius 3 is 2.71 bits per heavy atom. The number of carboxylic acids is 1. The van der Waals surface area contributed by atoms with Crippen LogP contribution in [0, 0.1) is 0 Å². The molecule has 1 heterocycles. The Morgan fingerprint density at radius 1 is 1.42 bits per heavy atom. The third-order valence-corrected chi connectivity index (χ3v) is 6.63. The fraction of sp³-hybridized carbons (Fsp3) is 0.550. The summed E-state index contributed by atoms with van der Waals surface area (Å²) < 4.78 is 58.4. The summed E-state index contributed by atoms with van der Waals surface area (Å²) in [5, 5.41) is 8.68. The number of ether oxygens (including phenoxy) is 1. The van der Waals surface area contributed by atoms with E-state index in [1.165, 1.54) is 23.7 Å². The van der Waals surface area contributed by atoms with Crippen molar-refractivity contribution in [2.45, 2.75) is 54.6 Å². The molecule has 0 fully saturated rings. The smallest absolute Gasteiger partial charge is 0.389 e. The summed E-state index contributed by atoms with van der Waals surface area (Å²) in [6.45, 7) is 3.36. The molecule has 11 heteroatoms. The van der Waals surface area contributed by atoms with Gasteiger partial charge in [-0.05, 0) is 56.6 Å². The first kappa shape index (κ1) is 25.7. The Kier molecular flexibility index (Phi) is 9.38. The number of hydrogen-bond acceptors (Lipinski definition) is 6. The van der Waals surface area contributed by atoms with Crippen LogP contribution in [0.1, 0.15) is 32.6 Å². The predicted molar refractivity (Wildman–Crippen MR) is 115 cm³/mol. The lowest BCUT2D eigenvalue weighted by atomic mass is 10.1. The van der Waals surface area contributed by atoms with Crippen molar-refractivity contribution in [3.05, 3.63) is 24.2 Å². The van der Waals surface area contributed by atoms with Crippen molar-refractivity contribution in [1.29, 1.82) is 0 Å². The molecule has 31 heavy (non-hydrogen) atoms. The number of hydrogen-bond donors (Lipinski definition) is 1. The predicted octanol–water partition coefficient (Wildman–Crippen LogP) is 5.95. The van der Waals surface area contributed by atoms with E-state index in [9.17, 15) is 22.4 Å². The van der Waals surface area contributed by atoms with Crippen molar-refractivity contribution >= 4 is 35.4 Å². The van der Waals surface area contributed by atoms with Gasteiger partial charge in [0.15, 0.2) is 0 Å². The van der Waals surface area contributed by atoms with Crippen LogP contribution in [0.2, 0.25) is 0 Å². The van der Waals surface area contributed by atoms with E-state index in [0.717, 1.165) is 23.5 Å². The van der Waals surface area contributed by atoms with E-state index >= 15 is 0 Å². The Bertz CT molecular complexity index is 805. The fourth-order valence-corrected chi connectivity index (χ4v) is 4.87. The minimum atomic E-state index is -4.17. The van der Waals surface area contributed by atoms with Gasteiger partial charge in [0.05, 0.1) is 15.5 Å². The zero-order valence-electron chi connectivity index (χ0n) is 17.5. The number of likely N-dealkylation sites (N-methyl/N-ethyl adjacent to an activating group) is 1. The minimum Gasteiger partial charge on any atom is -0.476 e. The van der Waals surface area contributed by atoms with E-state index in [2.05, 4.69) is 4.90 Å². The van der Waals surface area contributed by atoms with Crippen LogP contribution in [0.15, 0.2) is 34.0 Å². The molecule has 2 rings (SSSR count). The van der Waals surface area contributed by atoms with Crippen LogP contribution in [0.4, 0.5) is 23.2 Å². The zero-order valence-corrected chi connectivity index (χ0v) is 19.2. The van der Waals surface area contributed by atoms with Gasteiger partial charge in [-0.1, -0.05) is 6.92 Å². The van der Waals surface area contributed by atoms with Gasteiger partial charge in [0, 0.05) is 25.6 Å². The molecule has 1 N–H and O–H groups in total. The monoisotopic (exact) mass is 482 g/mol. The maximum absolute atomic E-state index is 13.4. The summed E-state index contributed by atoms with van der Waals surface area (Å²) in [5.74, 6) is -2.81. The second-order valence-electron chi connectivity index (χ2n) is 7.10. The second-order valence-corrected chi connectivity index (χ2v) is 9.15. The largest absolute Gasteiger partial charge is 0.476 e. The minimum absolute atomic E-state index is 0.0546. The summed E-state index contributed by atoms with van der Waals surface area (Å²) in [6.07, 6.45) is -1.27. The first-order valence-corrected chi connectivity index (χ1v) is 11.8. The molecular formula is C20H26F4N2O3S2. The van der Waals surface area contributed by atoms with Crippen LogP contribution < -0.4 is 9.64 Å². The van der Waals surface area contributed by atoms with Gasteiger partial charge in [-0.2, -0.15) is 17.6 Å². The number of thioether (sulfide) groups is 1. The first-order valence-electron chi connectivity index (χ1n) is 9.75. The highest BCUT2D eigenvalue weighted by Gasteiger charge is 2.30. The molecule has 1 aliphatic heterocycles. The van der Waals surface area contributed by atoms with E-state index < -0.39 is 24.4 Å². The maximum atomic E-state index is 13.4. The molecule has 0 aliphatic carbocycles. The second kappa shape index (κ2) is 11.3. The normalized spacial score (nSPS) is 18.0. The summed E-state index contributed by atoms with van der Waals surface area (Å²) in [5.41, 5.74) is 0.927. The van der Waals surface area contributed by atoms with Crippen LogP contribution in [0.25, 0.3) is 0 Å². The number of nitrogens with zero attached hydrogens (tertiary/aromatic N) is 2. The summed E-state index contributed by atoms with van der Waals surface area (Å²) >= 11 is 2.77. The molecule has 5 nitrogen and oxygen atoms in total. The SMILES string of the molecule is CCCN1CC(CCCC(F)(F)F)N(C)Sc2cc(O/C=C(\F)C(=O)O)c(SC)cc21. The van der Waals surface area contributed by atoms with Gasteiger partial charge in [-0.3, -0.25) is 0 Å².